The molecule has 1 fully saturated rings. The zero-order valence-electron chi connectivity index (χ0n) is 12.1. The largest absolute Gasteiger partial charge is 0.317 e. The van der Waals surface area contributed by atoms with E-state index in [0.717, 1.165) is 12.5 Å². The lowest BCUT2D eigenvalue weighted by atomic mass is 9.91. The summed E-state index contributed by atoms with van der Waals surface area (Å²) in [6.45, 7) is 7.19. The summed E-state index contributed by atoms with van der Waals surface area (Å²) < 4.78 is 1.21. The molecular formula is C16H24BrClN2. The van der Waals surface area contributed by atoms with Crippen LogP contribution in [0.25, 0.3) is 0 Å². The van der Waals surface area contributed by atoms with Crippen LogP contribution in [0.4, 0.5) is 0 Å². The van der Waals surface area contributed by atoms with E-state index in [2.05, 4.69) is 51.3 Å². The lowest BCUT2D eigenvalue weighted by Gasteiger charge is -2.38. The van der Waals surface area contributed by atoms with Crippen molar-refractivity contribution in [3.63, 3.8) is 0 Å². The van der Waals surface area contributed by atoms with Gasteiger partial charge in [-0.25, -0.2) is 0 Å². The van der Waals surface area contributed by atoms with Gasteiger partial charge in [-0.3, -0.25) is 4.90 Å². The summed E-state index contributed by atoms with van der Waals surface area (Å²) in [5, 5.41) is 3.46. The molecular weight excluding hydrogens is 336 g/mol. The van der Waals surface area contributed by atoms with Crippen molar-refractivity contribution in [2.45, 2.75) is 38.8 Å². The summed E-state index contributed by atoms with van der Waals surface area (Å²) in [5.41, 5.74) is 3.05. The molecule has 0 amide bonds. The molecule has 1 unspecified atom stereocenters. The summed E-state index contributed by atoms with van der Waals surface area (Å²) in [4.78, 5) is 2.69. The third-order valence-corrected chi connectivity index (χ3v) is 5.13. The number of nitrogens with one attached hydrogen (secondary N) is 1. The van der Waals surface area contributed by atoms with Crippen molar-refractivity contribution < 1.29 is 0 Å². The molecule has 0 bridgehead atoms. The van der Waals surface area contributed by atoms with Crippen molar-refractivity contribution in [2.75, 3.05) is 19.6 Å². The van der Waals surface area contributed by atoms with Gasteiger partial charge in [0.25, 0.3) is 0 Å². The molecule has 3 rings (SSSR count). The van der Waals surface area contributed by atoms with Crippen molar-refractivity contribution in [2.24, 2.45) is 5.92 Å². The van der Waals surface area contributed by atoms with E-state index in [4.69, 9.17) is 0 Å². The minimum Gasteiger partial charge on any atom is -0.317 e. The molecule has 2 aliphatic rings. The van der Waals surface area contributed by atoms with E-state index in [1.165, 1.54) is 54.5 Å². The summed E-state index contributed by atoms with van der Waals surface area (Å²) in [7, 11) is 0. The van der Waals surface area contributed by atoms with E-state index in [0.29, 0.717) is 6.04 Å². The van der Waals surface area contributed by atoms with Crippen LogP contribution in [-0.4, -0.2) is 30.6 Å². The van der Waals surface area contributed by atoms with Crippen LogP contribution in [0.2, 0.25) is 0 Å². The lowest BCUT2D eigenvalue weighted by molar-refractivity contribution is 0.141. The van der Waals surface area contributed by atoms with Crippen LogP contribution in [-0.2, 0) is 13.0 Å². The molecule has 2 heterocycles. The number of nitrogens with zero attached hydrogens (tertiary/aromatic N) is 1. The topological polar surface area (TPSA) is 15.3 Å². The van der Waals surface area contributed by atoms with Gasteiger partial charge in [-0.05, 0) is 68.5 Å². The predicted octanol–water partition coefficient (Wildman–Crippen LogP) is 3.62. The highest BCUT2D eigenvalue weighted by atomic mass is 79.9. The number of fused-ring (bicyclic) bond motifs is 1. The molecule has 0 radical (unpaired) electrons. The van der Waals surface area contributed by atoms with E-state index in [-0.39, 0.29) is 12.4 Å². The molecule has 1 aromatic rings. The van der Waals surface area contributed by atoms with Gasteiger partial charge in [0.15, 0.2) is 0 Å². The van der Waals surface area contributed by atoms with Gasteiger partial charge < -0.3 is 5.32 Å². The fourth-order valence-corrected chi connectivity index (χ4v) is 3.81. The van der Waals surface area contributed by atoms with E-state index in [1.807, 2.05) is 0 Å². The molecule has 1 aromatic carbocycles. The van der Waals surface area contributed by atoms with Crippen molar-refractivity contribution in [1.29, 1.82) is 0 Å². The van der Waals surface area contributed by atoms with Gasteiger partial charge in [0.2, 0.25) is 0 Å². The van der Waals surface area contributed by atoms with E-state index >= 15 is 0 Å². The van der Waals surface area contributed by atoms with Crippen LogP contribution in [0, 0.1) is 5.92 Å². The molecule has 0 aliphatic carbocycles. The second kappa shape index (κ2) is 7.26. The summed E-state index contributed by atoms with van der Waals surface area (Å²) in [6.07, 6.45) is 3.89. The van der Waals surface area contributed by atoms with E-state index in [9.17, 15) is 0 Å². The third-order valence-electron chi connectivity index (χ3n) is 4.63. The Labute approximate surface area is 136 Å². The maximum Gasteiger partial charge on any atom is 0.0239 e. The summed E-state index contributed by atoms with van der Waals surface area (Å²) in [6, 6.07) is 7.45. The average molecular weight is 360 g/mol. The Morgan fingerprint density at radius 1 is 1.25 bits per heavy atom. The highest BCUT2D eigenvalue weighted by Gasteiger charge is 2.25. The van der Waals surface area contributed by atoms with Gasteiger partial charge in [0, 0.05) is 23.6 Å². The number of piperidine rings is 1. The smallest absolute Gasteiger partial charge is 0.0239 e. The molecule has 0 saturated carbocycles. The Bertz CT molecular complexity index is 446. The molecule has 1 N–H and O–H groups in total. The van der Waals surface area contributed by atoms with Gasteiger partial charge in [-0.2, -0.15) is 0 Å². The summed E-state index contributed by atoms with van der Waals surface area (Å²) in [5.74, 6) is 0.886. The monoisotopic (exact) mass is 358 g/mol. The Morgan fingerprint density at radius 3 is 2.75 bits per heavy atom. The van der Waals surface area contributed by atoms with Crippen molar-refractivity contribution in [3.05, 3.63) is 33.8 Å². The minimum absolute atomic E-state index is 0. The maximum atomic E-state index is 3.60. The highest BCUT2D eigenvalue weighted by Crippen LogP contribution is 2.27. The summed E-state index contributed by atoms with van der Waals surface area (Å²) >= 11 is 3.60. The second-order valence-electron chi connectivity index (χ2n) is 6.09. The Kier molecular flexibility index (Phi) is 5.91. The van der Waals surface area contributed by atoms with E-state index < -0.39 is 0 Å². The highest BCUT2D eigenvalue weighted by molar-refractivity contribution is 9.10. The first-order valence-corrected chi connectivity index (χ1v) is 8.24. The van der Waals surface area contributed by atoms with Gasteiger partial charge in [0.05, 0.1) is 0 Å². The number of halogens is 2. The first-order chi connectivity index (χ1) is 9.22. The normalized spacial score (nSPS) is 24.0. The standard InChI is InChI=1S/C16H23BrN2.ClH/c1-12-8-14-2-3-16(17)9-15(14)11-19(12)10-13-4-6-18-7-5-13;/h2-3,9,12-13,18H,4-8,10-11H2,1H3;1H. The molecule has 0 spiro atoms. The van der Waals surface area contributed by atoms with Gasteiger partial charge in [0.1, 0.15) is 0 Å². The van der Waals surface area contributed by atoms with Crippen molar-refractivity contribution >= 4 is 28.3 Å². The number of hydrogen-bond acceptors (Lipinski definition) is 2. The number of hydrogen-bond donors (Lipinski definition) is 1. The Hall–Kier alpha value is -0.0900. The number of rotatable bonds is 2. The SMILES string of the molecule is CC1Cc2ccc(Br)cc2CN1CC1CCNCC1.Cl. The van der Waals surface area contributed by atoms with Gasteiger partial charge in [-0.15, -0.1) is 12.4 Å². The predicted molar refractivity (Wildman–Crippen MR) is 90.6 cm³/mol. The average Bonchev–Trinajstić information content (AvgIpc) is 2.41. The molecule has 1 atom stereocenters. The molecule has 20 heavy (non-hydrogen) atoms. The van der Waals surface area contributed by atoms with E-state index in [1.54, 1.807) is 0 Å². The molecule has 4 heteroatoms. The van der Waals surface area contributed by atoms with Crippen LogP contribution in [0.15, 0.2) is 22.7 Å². The van der Waals surface area contributed by atoms with Gasteiger partial charge >= 0.3 is 0 Å². The fourth-order valence-electron chi connectivity index (χ4n) is 3.40. The Balaban J connectivity index is 0.00000147. The zero-order chi connectivity index (χ0) is 13.2. The van der Waals surface area contributed by atoms with Crippen molar-refractivity contribution in [3.8, 4) is 0 Å². The molecule has 112 valence electrons. The first kappa shape index (κ1) is 16.3. The fraction of sp³-hybridized carbons (Fsp3) is 0.625. The molecule has 2 aliphatic heterocycles. The van der Waals surface area contributed by atoms with Gasteiger partial charge in [-0.1, -0.05) is 22.0 Å². The van der Waals surface area contributed by atoms with Crippen molar-refractivity contribution in [1.82, 2.24) is 10.2 Å². The number of benzene rings is 1. The zero-order valence-corrected chi connectivity index (χ0v) is 14.5. The quantitative estimate of drug-likeness (QED) is 0.867. The minimum atomic E-state index is 0. The Morgan fingerprint density at radius 2 is 2.00 bits per heavy atom. The van der Waals surface area contributed by atoms with Crippen LogP contribution in [0.3, 0.4) is 0 Å². The molecule has 0 aromatic heterocycles. The van der Waals surface area contributed by atoms with Crippen LogP contribution in [0.5, 0.6) is 0 Å². The van der Waals surface area contributed by atoms with Crippen LogP contribution < -0.4 is 5.32 Å². The third kappa shape index (κ3) is 3.76. The van der Waals surface area contributed by atoms with Crippen LogP contribution in [0.1, 0.15) is 30.9 Å². The molecule has 2 nitrogen and oxygen atoms in total. The molecule has 1 saturated heterocycles. The van der Waals surface area contributed by atoms with Crippen LogP contribution >= 0.6 is 28.3 Å². The lowest BCUT2D eigenvalue weighted by Crippen LogP contribution is -2.43. The maximum absolute atomic E-state index is 3.60. The second-order valence-corrected chi connectivity index (χ2v) is 7.00. The first-order valence-electron chi connectivity index (χ1n) is 7.44.